The fourth-order valence-electron chi connectivity index (χ4n) is 3.84. The molecule has 0 saturated heterocycles. The van der Waals surface area contributed by atoms with E-state index in [0.717, 1.165) is 5.82 Å². The molecular weight excluding hydrogens is 1230 g/mol. The first-order valence-electron chi connectivity index (χ1n) is 31.2. The molecule has 0 unspecified atom stereocenters. The number of hydrogen-bond acceptors (Lipinski definition) is 23. The summed E-state index contributed by atoms with van der Waals surface area (Å²) >= 11 is 0. The summed E-state index contributed by atoms with van der Waals surface area (Å²) in [7, 11) is 23.0. The first-order chi connectivity index (χ1) is 46.2. The minimum atomic E-state index is -0.204. The molecule has 0 amide bonds. The van der Waals surface area contributed by atoms with Gasteiger partial charge < -0.3 is 13.7 Å². The van der Waals surface area contributed by atoms with Crippen LogP contribution in [0.15, 0.2) is 139 Å². The van der Waals surface area contributed by atoms with E-state index in [0.29, 0.717) is 5.82 Å². The van der Waals surface area contributed by atoms with Gasteiger partial charge in [0.05, 0.1) is 32.0 Å². The van der Waals surface area contributed by atoms with Gasteiger partial charge in [-0.3, -0.25) is 23.6 Å². The van der Waals surface area contributed by atoms with Crippen LogP contribution in [-0.4, -0.2) is 173 Å². The molecular formula is C58H121N35O3. The molecule has 546 valence electrons. The summed E-state index contributed by atoms with van der Waals surface area (Å²) in [6.45, 7) is 39.6. The average molecular weight is 1360 g/mol. The fourth-order valence-corrected chi connectivity index (χ4v) is 3.84. The van der Waals surface area contributed by atoms with Crippen LogP contribution < -0.4 is 17.1 Å². The first kappa shape index (κ1) is 104. The molecule has 0 saturated carbocycles. The highest BCUT2D eigenvalue weighted by Gasteiger charge is 1.93. The molecule has 0 bridgehead atoms. The fraction of sp³-hybridized carbons (Fsp3) is 0.569. The van der Waals surface area contributed by atoms with Gasteiger partial charge >= 0.3 is 17.1 Å². The molecule has 0 spiro atoms. The minimum absolute atomic E-state index is 0.181. The van der Waals surface area contributed by atoms with Crippen LogP contribution in [0.25, 0.3) is 0 Å². The molecule has 0 atom stereocenters. The van der Waals surface area contributed by atoms with Gasteiger partial charge in [0.15, 0.2) is 5.82 Å². The lowest BCUT2D eigenvalue weighted by molar-refractivity contribution is 0.629. The van der Waals surface area contributed by atoms with Crippen LogP contribution in [-0.2, 0) is 91.6 Å². The van der Waals surface area contributed by atoms with E-state index in [1.165, 1.54) is 47.2 Å². The molecule has 0 radical (unpaired) electrons. The van der Waals surface area contributed by atoms with Crippen LogP contribution in [0.2, 0.25) is 0 Å². The Balaban J connectivity index is -0.000000120. The quantitative estimate of drug-likeness (QED) is 0.172. The summed E-state index contributed by atoms with van der Waals surface area (Å²) < 4.78 is 17.2. The van der Waals surface area contributed by atoms with Crippen LogP contribution in [0.5, 0.6) is 0 Å². The molecule has 0 aliphatic rings. The number of nitrogens with one attached hydrogen (secondary N) is 2. The molecule has 12 aromatic rings. The lowest BCUT2D eigenvalue weighted by Gasteiger charge is -1.81. The van der Waals surface area contributed by atoms with Gasteiger partial charge in [-0.05, 0) is 58.1 Å². The third-order valence-corrected chi connectivity index (χ3v) is 7.90. The van der Waals surface area contributed by atoms with Crippen molar-refractivity contribution < 1.29 is 0 Å². The second-order valence-corrected chi connectivity index (χ2v) is 14.7. The van der Waals surface area contributed by atoms with E-state index in [4.69, 9.17) is 0 Å². The van der Waals surface area contributed by atoms with Crippen molar-refractivity contribution in [3.8, 4) is 0 Å². The normalized spacial score (nSPS) is 7.97. The smallest absolute Gasteiger partial charge is 0.357 e. The zero-order valence-electron chi connectivity index (χ0n) is 64.0. The topological polar surface area (TPSA) is 405 Å². The lowest BCUT2D eigenvalue weighted by Crippen LogP contribution is -2.20. The van der Waals surface area contributed by atoms with Gasteiger partial charge in [0.25, 0.3) is 0 Å². The number of nitrogens with zero attached hydrogens (tertiary/aromatic N) is 33. The van der Waals surface area contributed by atoms with Crippen molar-refractivity contribution in [2.24, 2.45) is 91.6 Å². The molecule has 96 heavy (non-hydrogen) atoms. The Morgan fingerprint density at radius 1 is 0.375 bits per heavy atom. The summed E-state index contributed by atoms with van der Waals surface area (Å²) in [5, 5.41) is 66.9. The van der Waals surface area contributed by atoms with Gasteiger partial charge in [0.2, 0.25) is 0 Å². The minimum Gasteiger partial charge on any atom is -0.357 e. The summed E-state index contributed by atoms with van der Waals surface area (Å²) in [5.41, 5.74) is -0.565. The van der Waals surface area contributed by atoms with Crippen LogP contribution in [0.1, 0.15) is 136 Å². The standard InChI is InChI=1S/C5H7N.2C4H6N2.C3H6N4O.2C3H6N4.2C3H5N3O.4C3H5N3.9C2H6/c1-6-4-2-3-5-6;1-6-3-2-5-4-6;1-6-4-2-3-5-6;1-6-3(8)7(2)5-4-6;1-3-4-5-6-7(3)2;1-3-4-6-7(2)5-3;1-6-2-4-5-3(6)7;1-6-3(7)4-2-5-6;1-6-2-4-5-3-6;1-6-3-4-2-5-6;1-6-3-2-4-5-6;1-6-4-2-3-5-6;9*1-2/h2-5H,1H3;2*2-4H,1H3;1-2H3;2*1-2H3;2H,1H3,(H,5,7);2H,1H3,(H,4,5,7);4*2-3H,1H3;9*1-2H3. The van der Waals surface area contributed by atoms with E-state index in [2.05, 4.69) is 113 Å². The maximum atomic E-state index is 10.6. The molecule has 0 aliphatic carbocycles. The van der Waals surface area contributed by atoms with E-state index in [-0.39, 0.29) is 17.1 Å². The van der Waals surface area contributed by atoms with Crippen molar-refractivity contribution in [2.75, 3.05) is 0 Å². The second kappa shape index (κ2) is 80.2. The van der Waals surface area contributed by atoms with Crippen LogP contribution in [0.4, 0.5) is 0 Å². The number of aromatic nitrogens is 35. The van der Waals surface area contributed by atoms with E-state index in [1.54, 1.807) is 142 Å². The number of aromatic amines is 2. The van der Waals surface area contributed by atoms with Gasteiger partial charge in [-0.15, -0.1) is 30.6 Å². The van der Waals surface area contributed by atoms with Gasteiger partial charge in [0.1, 0.15) is 43.8 Å². The van der Waals surface area contributed by atoms with E-state index < -0.39 is 0 Å². The Morgan fingerprint density at radius 3 is 1.04 bits per heavy atom. The molecule has 2 N–H and O–H groups in total. The molecule has 12 rings (SSSR count). The number of imidazole rings is 1. The van der Waals surface area contributed by atoms with Crippen molar-refractivity contribution >= 4 is 0 Å². The van der Waals surface area contributed by atoms with Crippen molar-refractivity contribution in [1.29, 1.82) is 0 Å². The van der Waals surface area contributed by atoms with E-state index >= 15 is 0 Å². The van der Waals surface area contributed by atoms with Crippen molar-refractivity contribution in [3.63, 3.8) is 0 Å². The maximum absolute atomic E-state index is 10.6. The van der Waals surface area contributed by atoms with Crippen LogP contribution >= 0.6 is 0 Å². The monoisotopic (exact) mass is 1360 g/mol. The Hall–Kier alpha value is -10.8. The zero-order valence-corrected chi connectivity index (χ0v) is 64.0. The Kier molecular flexibility index (Phi) is 86.9. The van der Waals surface area contributed by atoms with Crippen LogP contribution in [0.3, 0.4) is 0 Å². The lowest BCUT2D eigenvalue weighted by atomic mass is 10.7. The highest BCUT2D eigenvalue weighted by atomic mass is 16.2. The number of rotatable bonds is 0. The highest BCUT2D eigenvalue weighted by Crippen LogP contribution is 1.81. The van der Waals surface area contributed by atoms with Gasteiger partial charge in [-0.2, -0.15) is 49.5 Å². The number of tetrazole rings is 3. The Bertz CT molecular complexity index is 2900. The van der Waals surface area contributed by atoms with Crippen molar-refractivity contribution in [3.05, 3.63) is 168 Å². The molecule has 12 heterocycles. The summed E-state index contributed by atoms with van der Waals surface area (Å²) in [4.78, 5) is 43.8. The predicted molar refractivity (Wildman–Crippen MR) is 379 cm³/mol. The third kappa shape index (κ3) is 69.0. The van der Waals surface area contributed by atoms with E-state index in [9.17, 15) is 14.4 Å². The molecule has 0 aromatic carbocycles. The van der Waals surface area contributed by atoms with Gasteiger partial charge in [-0.25, -0.2) is 38.8 Å². The maximum Gasteiger partial charge on any atom is 0.363 e. The molecule has 38 heteroatoms. The summed E-state index contributed by atoms with van der Waals surface area (Å²) in [6.07, 6.45) is 28.9. The summed E-state index contributed by atoms with van der Waals surface area (Å²) in [6, 6.07) is 5.89. The zero-order chi connectivity index (χ0) is 76.1. The number of hydrogen-bond donors (Lipinski definition) is 2. The Morgan fingerprint density at radius 2 is 0.917 bits per heavy atom. The highest BCUT2D eigenvalue weighted by molar-refractivity contribution is 4.88. The van der Waals surface area contributed by atoms with E-state index in [1.807, 2.05) is 226 Å². The molecule has 38 nitrogen and oxygen atoms in total. The SMILES string of the molecule is CC.CC.CC.CC.CC.CC.CC.CC.CC.Cc1nnn(C)n1.Cc1nnnn1C.Cn1cccc1.Cn1cccn1.Cn1ccnc1.Cn1ccnn1.Cn1cn[nH]c1=O.Cn1cncn1.Cn1cnnc1.Cn1nc[nH]c1=O.Cn1nccn1.Cn1nnn(C)c1=O. The van der Waals surface area contributed by atoms with Gasteiger partial charge in [0, 0.05) is 128 Å². The molecule has 12 aromatic heterocycles. The number of H-pyrrole nitrogens is 2. The Labute approximate surface area is 568 Å². The van der Waals surface area contributed by atoms with Crippen molar-refractivity contribution in [1.82, 2.24) is 173 Å². The molecule has 0 fully saturated rings. The third-order valence-electron chi connectivity index (χ3n) is 7.90. The van der Waals surface area contributed by atoms with Gasteiger partial charge in [-0.1, -0.05) is 130 Å². The predicted octanol–water partition coefficient (Wildman–Crippen LogP) is 6.13. The largest absolute Gasteiger partial charge is 0.363 e. The first-order valence-corrected chi connectivity index (χ1v) is 31.2. The average Bonchev–Trinajstić information content (AvgIpc) is 3.59. The molecule has 0 aliphatic heterocycles. The van der Waals surface area contributed by atoms with Crippen molar-refractivity contribution in [2.45, 2.75) is 138 Å². The second-order valence-electron chi connectivity index (χ2n) is 14.7. The van der Waals surface area contributed by atoms with Crippen LogP contribution in [0, 0.1) is 13.8 Å². The summed E-state index contributed by atoms with van der Waals surface area (Å²) in [5.74, 6) is 1.54. The number of aryl methyl sites for hydroxylation is 15.